The number of furan rings is 1. The normalized spacial score (nSPS) is 10.3. The minimum absolute atomic E-state index is 0.159. The van der Waals surface area contributed by atoms with Crippen LogP contribution in [0.2, 0.25) is 0 Å². The molecule has 0 aliphatic rings. The summed E-state index contributed by atoms with van der Waals surface area (Å²) in [6.45, 7) is 1.05. The molecule has 1 amide bonds. The maximum atomic E-state index is 12.0. The highest BCUT2D eigenvalue weighted by atomic mass is 32.1. The smallest absolute Gasteiger partial charge is 0.305 e. The number of amides is 1. The molecule has 0 radical (unpaired) electrons. The van der Waals surface area contributed by atoms with Crippen LogP contribution in [-0.2, 0) is 4.74 Å². The number of methoxy groups -OCH3 is 2. The van der Waals surface area contributed by atoms with Crippen LogP contribution in [0.15, 0.2) is 28.7 Å². The van der Waals surface area contributed by atoms with Crippen molar-refractivity contribution in [3.05, 3.63) is 30.0 Å². The summed E-state index contributed by atoms with van der Waals surface area (Å²) in [7, 11) is 3.14. The molecule has 0 fully saturated rings. The van der Waals surface area contributed by atoms with E-state index in [1.54, 1.807) is 26.4 Å². The summed E-state index contributed by atoms with van der Waals surface area (Å²) in [5, 5.41) is 3.94. The molecule has 2 aromatic rings. The van der Waals surface area contributed by atoms with E-state index in [0.717, 1.165) is 5.39 Å². The van der Waals surface area contributed by atoms with E-state index in [2.05, 4.69) is 16.2 Å². The van der Waals surface area contributed by atoms with E-state index in [1.165, 1.54) is 0 Å². The van der Waals surface area contributed by atoms with Gasteiger partial charge in [-0.3, -0.25) is 15.6 Å². The van der Waals surface area contributed by atoms with Gasteiger partial charge in [0.05, 0.1) is 13.7 Å². The molecule has 1 aromatic heterocycles. The van der Waals surface area contributed by atoms with Crippen molar-refractivity contribution in [2.24, 2.45) is 0 Å². The lowest BCUT2D eigenvalue weighted by Crippen LogP contribution is -2.47. The second kappa shape index (κ2) is 7.62. The molecule has 7 nitrogen and oxygen atoms in total. The summed E-state index contributed by atoms with van der Waals surface area (Å²) in [5.74, 6) is 0.294. The quantitative estimate of drug-likeness (QED) is 0.433. The number of nitrogens with one attached hydrogen (secondary N) is 3. The molecule has 0 aliphatic carbocycles. The molecule has 2 rings (SSSR count). The third kappa shape index (κ3) is 3.86. The SMILES string of the molecule is COCCNC(=S)NNC(=O)c1cc2cccc(OC)c2o1. The van der Waals surface area contributed by atoms with Crippen LogP contribution < -0.4 is 20.9 Å². The average molecular weight is 323 g/mol. The first-order valence-corrected chi connectivity index (χ1v) is 6.96. The fourth-order valence-corrected chi connectivity index (χ4v) is 1.95. The summed E-state index contributed by atoms with van der Waals surface area (Å²) >= 11 is 5.00. The number of ether oxygens (including phenoxy) is 2. The Morgan fingerprint density at radius 1 is 1.32 bits per heavy atom. The first-order chi connectivity index (χ1) is 10.7. The van der Waals surface area contributed by atoms with Crippen molar-refractivity contribution < 1.29 is 18.7 Å². The fraction of sp³-hybridized carbons (Fsp3) is 0.286. The number of para-hydroxylation sites is 1. The molecule has 0 saturated carbocycles. The predicted molar refractivity (Wildman–Crippen MR) is 85.8 cm³/mol. The van der Waals surface area contributed by atoms with Crippen LogP contribution in [0.5, 0.6) is 5.75 Å². The zero-order valence-corrected chi connectivity index (χ0v) is 13.1. The Labute approximate surface area is 132 Å². The summed E-state index contributed by atoms with van der Waals surface area (Å²) in [5.41, 5.74) is 5.57. The van der Waals surface area contributed by atoms with E-state index in [-0.39, 0.29) is 5.76 Å². The molecule has 22 heavy (non-hydrogen) atoms. The number of hydrogen-bond acceptors (Lipinski definition) is 5. The zero-order valence-electron chi connectivity index (χ0n) is 12.3. The Bertz CT molecular complexity index is 671. The summed E-state index contributed by atoms with van der Waals surface area (Å²) < 4.78 is 15.6. The second-order valence-electron chi connectivity index (χ2n) is 4.32. The van der Waals surface area contributed by atoms with Gasteiger partial charge in [0.15, 0.2) is 22.2 Å². The highest BCUT2D eigenvalue weighted by molar-refractivity contribution is 7.80. The van der Waals surface area contributed by atoms with Crippen LogP contribution >= 0.6 is 12.2 Å². The van der Waals surface area contributed by atoms with Crippen molar-refractivity contribution in [1.82, 2.24) is 16.2 Å². The molecule has 0 bridgehead atoms. The standard InChI is InChI=1S/C14H17N3O4S/c1-19-7-6-15-14(22)17-16-13(18)11-8-9-4-3-5-10(20-2)12(9)21-11/h3-5,8H,6-7H2,1-2H3,(H,16,18)(H2,15,17,22). The number of rotatable bonds is 5. The summed E-state index contributed by atoms with van der Waals surface area (Å²) in [6.07, 6.45) is 0. The van der Waals surface area contributed by atoms with Crippen molar-refractivity contribution >= 4 is 34.2 Å². The van der Waals surface area contributed by atoms with Gasteiger partial charge in [-0.05, 0) is 24.4 Å². The maximum absolute atomic E-state index is 12.0. The molecule has 1 heterocycles. The Kier molecular flexibility index (Phi) is 5.56. The van der Waals surface area contributed by atoms with Gasteiger partial charge in [-0.2, -0.15) is 0 Å². The molecule has 0 aliphatic heterocycles. The van der Waals surface area contributed by atoms with E-state index in [4.69, 9.17) is 26.1 Å². The van der Waals surface area contributed by atoms with Gasteiger partial charge in [-0.1, -0.05) is 12.1 Å². The molecule has 0 unspecified atom stereocenters. The first kappa shape index (κ1) is 16.1. The van der Waals surface area contributed by atoms with Gasteiger partial charge in [-0.25, -0.2) is 0 Å². The molecular weight excluding hydrogens is 306 g/mol. The van der Waals surface area contributed by atoms with Crippen LogP contribution in [0.25, 0.3) is 11.0 Å². The third-order valence-corrected chi connectivity index (χ3v) is 3.08. The van der Waals surface area contributed by atoms with Gasteiger partial charge in [0.2, 0.25) is 0 Å². The summed E-state index contributed by atoms with van der Waals surface area (Å²) in [6, 6.07) is 7.06. The Morgan fingerprint density at radius 3 is 2.86 bits per heavy atom. The fourth-order valence-electron chi connectivity index (χ4n) is 1.79. The molecular formula is C14H17N3O4S. The van der Waals surface area contributed by atoms with Crippen molar-refractivity contribution in [3.8, 4) is 5.75 Å². The monoisotopic (exact) mass is 323 g/mol. The molecule has 1 aromatic carbocycles. The van der Waals surface area contributed by atoms with E-state index in [0.29, 0.717) is 29.6 Å². The Balaban J connectivity index is 1.97. The highest BCUT2D eigenvalue weighted by Gasteiger charge is 2.14. The molecule has 8 heteroatoms. The Hall–Kier alpha value is -2.32. The van der Waals surface area contributed by atoms with E-state index in [9.17, 15) is 4.79 Å². The van der Waals surface area contributed by atoms with Crippen molar-refractivity contribution in [2.75, 3.05) is 27.4 Å². The van der Waals surface area contributed by atoms with E-state index in [1.807, 2.05) is 12.1 Å². The van der Waals surface area contributed by atoms with Crippen LogP contribution in [0, 0.1) is 0 Å². The van der Waals surface area contributed by atoms with Crippen LogP contribution in [0.3, 0.4) is 0 Å². The lowest BCUT2D eigenvalue weighted by atomic mass is 10.2. The van der Waals surface area contributed by atoms with Crippen LogP contribution in [0.4, 0.5) is 0 Å². The number of hydrogen-bond donors (Lipinski definition) is 3. The molecule has 0 spiro atoms. The largest absolute Gasteiger partial charge is 0.493 e. The van der Waals surface area contributed by atoms with Gasteiger partial charge in [-0.15, -0.1) is 0 Å². The highest BCUT2D eigenvalue weighted by Crippen LogP contribution is 2.28. The number of hydrazine groups is 1. The second-order valence-corrected chi connectivity index (χ2v) is 4.73. The number of carbonyl (C=O) groups is 1. The van der Waals surface area contributed by atoms with E-state index < -0.39 is 5.91 Å². The third-order valence-electron chi connectivity index (χ3n) is 2.83. The lowest BCUT2D eigenvalue weighted by Gasteiger charge is -2.10. The minimum atomic E-state index is -0.436. The minimum Gasteiger partial charge on any atom is -0.493 e. The first-order valence-electron chi connectivity index (χ1n) is 6.55. The Morgan fingerprint density at radius 2 is 2.14 bits per heavy atom. The van der Waals surface area contributed by atoms with Crippen molar-refractivity contribution in [3.63, 3.8) is 0 Å². The summed E-state index contributed by atoms with van der Waals surface area (Å²) in [4.78, 5) is 12.0. The van der Waals surface area contributed by atoms with Gasteiger partial charge in [0.25, 0.3) is 0 Å². The average Bonchev–Trinajstić information content (AvgIpc) is 2.97. The lowest BCUT2D eigenvalue weighted by molar-refractivity contribution is 0.0917. The van der Waals surface area contributed by atoms with E-state index >= 15 is 0 Å². The molecule has 0 saturated heterocycles. The molecule has 3 N–H and O–H groups in total. The number of carbonyl (C=O) groups excluding carboxylic acids is 1. The van der Waals surface area contributed by atoms with Gasteiger partial charge >= 0.3 is 5.91 Å². The van der Waals surface area contributed by atoms with Crippen molar-refractivity contribution in [1.29, 1.82) is 0 Å². The number of thiocarbonyl (C=S) groups is 1. The molecule has 0 atom stereocenters. The van der Waals surface area contributed by atoms with Gasteiger partial charge in [0, 0.05) is 19.0 Å². The van der Waals surface area contributed by atoms with Crippen LogP contribution in [-0.4, -0.2) is 38.4 Å². The van der Waals surface area contributed by atoms with Crippen LogP contribution in [0.1, 0.15) is 10.6 Å². The predicted octanol–water partition coefficient (Wildman–Crippen LogP) is 1.20. The van der Waals surface area contributed by atoms with Gasteiger partial charge in [0.1, 0.15) is 0 Å². The number of fused-ring (bicyclic) bond motifs is 1. The maximum Gasteiger partial charge on any atom is 0.305 e. The molecule has 118 valence electrons. The van der Waals surface area contributed by atoms with Crippen molar-refractivity contribution in [2.45, 2.75) is 0 Å². The zero-order chi connectivity index (χ0) is 15.9. The topological polar surface area (TPSA) is 84.8 Å². The van der Waals surface area contributed by atoms with Gasteiger partial charge < -0.3 is 19.2 Å². The number of benzene rings is 1.